The van der Waals surface area contributed by atoms with Gasteiger partial charge in [0.2, 0.25) is 0 Å². The van der Waals surface area contributed by atoms with Crippen LogP contribution in [-0.4, -0.2) is 6.54 Å². The van der Waals surface area contributed by atoms with Crippen LogP contribution in [0.5, 0.6) is 0 Å². The number of rotatable bonds is 8. The molecule has 0 saturated heterocycles. The van der Waals surface area contributed by atoms with E-state index in [0.29, 0.717) is 0 Å². The Morgan fingerprint density at radius 3 is 2.63 bits per heavy atom. The molecule has 1 aromatic rings. The predicted molar refractivity (Wildman–Crippen MR) is 88.0 cm³/mol. The minimum Gasteiger partial charge on any atom is -0.383 e. The van der Waals surface area contributed by atoms with Gasteiger partial charge in [0.25, 0.3) is 0 Å². The summed E-state index contributed by atoms with van der Waals surface area (Å²) >= 11 is 3.63. The standard InChI is InChI=1S/C17H26BrN/c1-2-3-4-5-6-7-8-10-14-13-19-17-15(14)11-9-12-16(17)18/h9,11-12,14,19H,2-8,10,13H2,1H3. The van der Waals surface area contributed by atoms with Gasteiger partial charge >= 0.3 is 0 Å². The van der Waals surface area contributed by atoms with Crippen LogP contribution >= 0.6 is 15.9 Å². The maximum atomic E-state index is 3.63. The average Bonchev–Trinajstić information content (AvgIpc) is 2.83. The minimum absolute atomic E-state index is 0.725. The third-order valence-corrected chi connectivity index (χ3v) is 4.83. The smallest absolute Gasteiger partial charge is 0.0520 e. The highest BCUT2D eigenvalue weighted by molar-refractivity contribution is 9.10. The third kappa shape index (κ3) is 4.24. The zero-order chi connectivity index (χ0) is 13.5. The summed E-state index contributed by atoms with van der Waals surface area (Å²) in [5.74, 6) is 0.725. The molecule has 0 aromatic heterocycles. The molecule has 1 unspecified atom stereocenters. The molecule has 2 rings (SSSR count). The molecule has 0 spiro atoms. The zero-order valence-electron chi connectivity index (χ0n) is 12.1. The van der Waals surface area contributed by atoms with E-state index in [1.807, 2.05) is 0 Å². The number of hydrogen-bond acceptors (Lipinski definition) is 1. The molecule has 0 saturated carbocycles. The highest BCUT2D eigenvalue weighted by Crippen LogP contribution is 2.39. The molecule has 0 aliphatic carbocycles. The molecule has 0 bridgehead atoms. The van der Waals surface area contributed by atoms with Crippen LogP contribution in [0.4, 0.5) is 5.69 Å². The van der Waals surface area contributed by atoms with Gasteiger partial charge in [-0.25, -0.2) is 0 Å². The van der Waals surface area contributed by atoms with Crippen LogP contribution in [0.3, 0.4) is 0 Å². The summed E-state index contributed by atoms with van der Waals surface area (Å²) in [6, 6.07) is 6.57. The Hall–Kier alpha value is -0.500. The first kappa shape index (κ1) is 14.9. The Balaban J connectivity index is 1.67. The molecule has 1 aliphatic heterocycles. The number of hydrogen-bond donors (Lipinski definition) is 1. The van der Waals surface area contributed by atoms with Crippen LogP contribution in [0.25, 0.3) is 0 Å². The van der Waals surface area contributed by atoms with Crippen molar-refractivity contribution in [2.75, 3.05) is 11.9 Å². The van der Waals surface area contributed by atoms with Crippen molar-refractivity contribution in [3.8, 4) is 0 Å². The summed E-state index contributed by atoms with van der Waals surface area (Å²) in [6.45, 7) is 3.40. The van der Waals surface area contributed by atoms with Crippen LogP contribution in [0.15, 0.2) is 22.7 Å². The maximum absolute atomic E-state index is 3.63. The highest BCUT2D eigenvalue weighted by atomic mass is 79.9. The molecule has 1 aromatic carbocycles. The highest BCUT2D eigenvalue weighted by Gasteiger charge is 2.22. The third-order valence-electron chi connectivity index (χ3n) is 4.17. The molecule has 0 radical (unpaired) electrons. The van der Waals surface area contributed by atoms with Crippen molar-refractivity contribution in [2.24, 2.45) is 0 Å². The lowest BCUT2D eigenvalue weighted by molar-refractivity contribution is 0.549. The zero-order valence-corrected chi connectivity index (χ0v) is 13.6. The van der Waals surface area contributed by atoms with Crippen molar-refractivity contribution < 1.29 is 0 Å². The topological polar surface area (TPSA) is 12.0 Å². The SMILES string of the molecule is CCCCCCCCCC1CNc2c(Br)cccc21. The number of halogens is 1. The van der Waals surface area contributed by atoms with Gasteiger partial charge in [-0.3, -0.25) is 0 Å². The van der Waals surface area contributed by atoms with Crippen molar-refractivity contribution in [3.05, 3.63) is 28.2 Å². The van der Waals surface area contributed by atoms with Gasteiger partial charge in [0, 0.05) is 16.9 Å². The van der Waals surface area contributed by atoms with Crippen LogP contribution in [0.1, 0.15) is 69.8 Å². The fourth-order valence-electron chi connectivity index (χ4n) is 3.01. The van der Waals surface area contributed by atoms with Crippen molar-refractivity contribution in [2.45, 2.75) is 64.2 Å². The van der Waals surface area contributed by atoms with E-state index in [2.05, 4.69) is 46.4 Å². The molecule has 0 amide bonds. The predicted octanol–water partition coefficient (Wildman–Crippen LogP) is 6.10. The minimum atomic E-state index is 0.725. The number of nitrogens with one attached hydrogen (secondary N) is 1. The lowest BCUT2D eigenvalue weighted by atomic mass is 9.95. The summed E-state index contributed by atoms with van der Waals surface area (Å²) in [5, 5.41) is 3.54. The fourth-order valence-corrected chi connectivity index (χ4v) is 3.53. The van der Waals surface area contributed by atoms with Gasteiger partial charge in [-0.15, -0.1) is 0 Å². The Labute approximate surface area is 126 Å². The van der Waals surface area contributed by atoms with Crippen molar-refractivity contribution in [3.63, 3.8) is 0 Å². The summed E-state index contributed by atoms with van der Waals surface area (Å²) < 4.78 is 1.21. The number of fused-ring (bicyclic) bond motifs is 1. The first-order chi connectivity index (χ1) is 9.33. The first-order valence-corrected chi connectivity index (χ1v) is 8.64. The van der Waals surface area contributed by atoms with Crippen LogP contribution in [0.2, 0.25) is 0 Å². The summed E-state index contributed by atoms with van der Waals surface area (Å²) in [7, 11) is 0. The Morgan fingerprint density at radius 2 is 1.84 bits per heavy atom. The van der Waals surface area contributed by atoms with E-state index in [1.54, 1.807) is 0 Å². The second-order valence-electron chi connectivity index (χ2n) is 5.69. The molecular formula is C17H26BrN. The van der Waals surface area contributed by atoms with E-state index in [-0.39, 0.29) is 0 Å². The Bertz CT molecular complexity index is 389. The molecule has 1 atom stereocenters. The summed E-state index contributed by atoms with van der Waals surface area (Å²) in [4.78, 5) is 0. The second-order valence-corrected chi connectivity index (χ2v) is 6.55. The van der Waals surface area contributed by atoms with Gasteiger partial charge in [0.1, 0.15) is 0 Å². The fraction of sp³-hybridized carbons (Fsp3) is 0.647. The van der Waals surface area contributed by atoms with Crippen molar-refractivity contribution in [1.82, 2.24) is 0 Å². The average molecular weight is 324 g/mol. The van der Waals surface area contributed by atoms with Crippen molar-refractivity contribution >= 4 is 21.6 Å². The van der Waals surface area contributed by atoms with Crippen LogP contribution in [-0.2, 0) is 0 Å². The van der Waals surface area contributed by atoms with Gasteiger partial charge in [-0.1, -0.05) is 64.0 Å². The number of para-hydroxylation sites is 1. The largest absolute Gasteiger partial charge is 0.383 e. The molecular weight excluding hydrogens is 298 g/mol. The van der Waals surface area contributed by atoms with E-state index in [9.17, 15) is 0 Å². The normalized spacial score (nSPS) is 17.3. The monoisotopic (exact) mass is 323 g/mol. The molecule has 106 valence electrons. The molecule has 19 heavy (non-hydrogen) atoms. The van der Waals surface area contributed by atoms with Crippen LogP contribution in [0, 0.1) is 0 Å². The molecule has 2 heteroatoms. The first-order valence-electron chi connectivity index (χ1n) is 7.85. The van der Waals surface area contributed by atoms with E-state index >= 15 is 0 Å². The van der Waals surface area contributed by atoms with Gasteiger partial charge in [0.15, 0.2) is 0 Å². The second kappa shape index (κ2) is 7.94. The Kier molecular flexibility index (Phi) is 6.22. The molecule has 0 fully saturated rings. The molecule has 1 aliphatic rings. The van der Waals surface area contributed by atoms with E-state index < -0.39 is 0 Å². The summed E-state index contributed by atoms with van der Waals surface area (Å²) in [6.07, 6.45) is 11.2. The number of benzene rings is 1. The van der Waals surface area contributed by atoms with Crippen LogP contribution < -0.4 is 5.32 Å². The van der Waals surface area contributed by atoms with Gasteiger partial charge in [0.05, 0.1) is 5.69 Å². The van der Waals surface area contributed by atoms with Crippen molar-refractivity contribution in [1.29, 1.82) is 0 Å². The molecule has 1 heterocycles. The van der Waals surface area contributed by atoms with Gasteiger partial charge in [-0.05, 0) is 34.0 Å². The van der Waals surface area contributed by atoms with Gasteiger partial charge < -0.3 is 5.32 Å². The lowest BCUT2D eigenvalue weighted by Crippen LogP contribution is -2.01. The number of anilines is 1. The quantitative estimate of drug-likeness (QED) is 0.570. The van der Waals surface area contributed by atoms with E-state index in [1.165, 1.54) is 67.1 Å². The van der Waals surface area contributed by atoms with E-state index in [4.69, 9.17) is 0 Å². The maximum Gasteiger partial charge on any atom is 0.0520 e. The Morgan fingerprint density at radius 1 is 1.11 bits per heavy atom. The molecule has 1 N–H and O–H groups in total. The van der Waals surface area contributed by atoms with Gasteiger partial charge in [-0.2, -0.15) is 0 Å². The summed E-state index contributed by atoms with van der Waals surface area (Å²) in [5.41, 5.74) is 2.84. The molecule has 1 nitrogen and oxygen atoms in total. The lowest BCUT2D eigenvalue weighted by Gasteiger charge is -2.10. The van der Waals surface area contributed by atoms with E-state index in [0.717, 1.165) is 12.5 Å². The number of unbranched alkanes of at least 4 members (excludes halogenated alkanes) is 6.